The van der Waals surface area contributed by atoms with Crippen molar-refractivity contribution in [3.05, 3.63) is 64.1 Å². The molecule has 1 aliphatic heterocycles. The second kappa shape index (κ2) is 6.53. The fourth-order valence-electron chi connectivity index (χ4n) is 2.44. The van der Waals surface area contributed by atoms with Gasteiger partial charge in [-0.05, 0) is 41.5 Å². The van der Waals surface area contributed by atoms with E-state index in [4.69, 9.17) is 0 Å². The maximum Gasteiger partial charge on any atom is 0.416 e. The number of halogens is 3. The summed E-state index contributed by atoms with van der Waals surface area (Å²) in [6, 6.07) is 8.78. The maximum absolute atomic E-state index is 12.6. The van der Waals surface area contributed by atoms with Crippen molar-refractivity contribution in [1.82, 2.24) is 0 Å². The van der Waals surface area contributed by atoms with Crippen LogP contribution in [0.25, 0.3) is 6.08 Å². The molecule has 0 unspecified atom stereocenters. The number of fused-ring (bicyclic) bond motifs is 1. The van der Waals surface area contributed by atoms with E-state index in [2.05, 4.69) is 0 Å². The first-order valence-electron chi connectivity index (χ1n) is 7.37. The van der Waals surface area contributed by atoms with Gasteiger partial charge < -0.3 is 14.8 Å². The largest absolute Gasteiger partial charge is 0.545 e. The van der Waals surface area contributed by atoms with Gasteiger partial charge in [0.2, 0.25) is 0 Å². The van der Waals surface area contributed by atoms with E-state index in [-0.39, 0.29) is 11.5 Å². The SMILES string of the molecule is CN1C(=O)C(=Cc2ccc(C(F)(F)F)cc2)Sc2ccc(C(=O)[O-])cc21. The molecule has 0 aromatic heterocycles. The van der Waals surface area contributed by atoms with Crippen molar-refractivity contribution in [3.63, 3.8) is 0 Å². The monoisotopic (exact) mass is 378 g/mol. The van der Waals surface area contributed by atoms with Crippen LogP contribution in [0.1, 0.15) is 21.5 Å². The smallest absolute Gasteiger partial charge is 0.416 e. The number of carbonyl (C=O) groups excluding carboxylic acids is 2. The number of carboxylic acid groups (broad SMARTS) is 1. The highest BCUT2D eigenvalue weighted by Gasteiger charge is 2.30. The molecule has 0 bridgehead atoms. The van der Waals surface area contributed by atoms with Gasteiger partial charge in [-0.2, -0.15) is 13.2 Å². The molecule has 4 nitrogen and oxygen atoms in total. The Balaban J connectivity index is 1.94. The minimum atomic E-state index is -4.42. The Bertz CT molecular complexity index is 920. The van der Waals surface area contributed by atoms with Crippen molar-refractivity contribution in [1.29, 1.82) is 0 Å². The Morgan fingerprint density at radius 2 is 1.81 bits per heavy atom. The number of rotatable bonds is 2. The summed E-state index contributed by atoms with van der Waals surface area (Å²) in [5.74, 6) is -1.72. The number of benzene rings is 2. The third-order valence-corrected chi connectivity index (χ3v) is 4.90. The number of hydrogen-bond acceptors (Lipinski definition) is 4. The molecule has 2 aromatic carbocycles. The van der Waals surface area contributed by atoms with E-state index in [1.165, 1.54) is 42.3 Å². The molecule has 0 saturated carbocycles. The lowest BCUT2D eigenvalue weighted by molar-refractivity contribution is -0.255. The molecule has 1 aliphatic rings. The summed E-state index contributed by atoms with van der Waals surface area (Å²) in [6.07, 6.45) is -2.92. The quantitative estimate of drug-likeness (QED) is 0.753. The third kappa shape index (κ3) is 3.45. The molecule has 0 fully saturated rings. The molecule has 0 radical (unpaired) electrons. The van der Waals surface area contributed by atoms with E-state index in [1.807, 2.05) is 0 Å². The Morgan fingerprint density at radius 3 is 2.38 bits per heavy atom. The zero-order valence-corrected chi connectivity index (χ0v) is 14.1. The van der Waals surface area contributed by atoms with Crippen LogP contribution in [-0.2, 0) is 11.0 Å². The summed E-state index contributed by atoms with van der Waals surface area (Å²) in [5, 5.41) is 11.0. The molecule has 0 N–H and O–H groups in total. The van der Waals surface area contributed by atoms with Crippen LogP contribution in [-0.4, -0.2) is 18.9 Å². The highest BCUT2D eigenvalue weighted by molar-refractivity contribution is 8.04. The van der Waals surface area contributed by atoms with Gasteiger partial charge >= 0.3 is 6.18 Å². The van der Waals surface area contributed by atoms with Gasteiger partial charge in [0.05, 0.1) is 22.1 Å². The number of aromatic carboxylic acids is 1. The van der Waals surface area contributed by atoms with E-state index < -0.39 is 17.7 Å². The second-order valence-corrected chi connectivity index (χ2v) is 6.65. The topological polar surface area (TPSA) is 60.4 Å². The molecule has 0 atom stereocenters. The summed E-state index contributed by atoms with van der Waals surface area (Å²) in [4.78, 5) is 25.7. The minimum absolute atomic E-state index is 0.0424. The minimum Gasteiger partial charge on any atom is -0.545 e. The predicted molar refractivity (Wildman–Crippen MR) is 89.5 cm³/mol. The molecule has 0 spiro atoms. The zero-order valence-electron chi connectivity index (χ0n) is 13.3. The summed E-state index contributed by atoms with van der Waals surface area (Å²) in [6.45, 7) is 0. The molecule has 2 aromatic rings. The van der Waals surface area contributed by atoms with Crippen LogP contribution in [0, 0.1) is 0 Å². The number of carboxylic acids is 1. The van der Waals surface area contributed by atoms with Crippen LogP contribution in [0.3, 0.4) is 0 Å². The molecule has 1 amide bonds. The lowest BCUT2D eigenvalue weighted by Gasteiger charge is -2.27. The highest BCUT2D eigenvalue weighted by atomic mass is 32.2. The number of carbonyl (C=O) groups is 2. The Morgan fingerprint density at radius 1 is 1.15 bits per heavy atom. The van der Waals surface area contributed by atoms with Crippen molar-refractivity contribution in [2.75, 3.05) is 11.9 Å². The van der Waals surface area contributed by atoms with E-state index in [0.29, 0.717) is 21.1 Å². The zero-order chi connectivity index (χ0) is 19.1. The Hall–Kier alpha value is -2.74. The second-order valence-electron chi connectivity index (χ2n) is 5.56. The van der Waals surface area contributed by atoms with Crippen LogP contribution in [0.4, 0.5) is 18.9 Å². The van der Waals surface area contributed by atoms with E-state index in [0.717, 1.165) is 23.9 Å². The van der Waals surface area contributed by atoms with Crippen LogP contribution in [0.5, 0.6) is 0 Å². The van der Waals surface area contributed by atoms with Crippen LogP contribution < -0.4 is 10.0 Å². The molecule has 134 valence electrons. The number of hydrogen-bond donors (Lipinski definition) is 0. The first-order valence-corrected chi connectivity index (χ1v) is 8.19. The number of thioether (sulfide) groups is 1. The maximum atomic E-state index is 12.6. The molecule has 1 heterocycles. The number of alkyl halides is 3. The molecule has 3 rings (SSSR count). The standard InChI is InChI=1S/C18H12F3NO3S/c1-22-13-9-11(17(24)25)4-7-14(13)26-15(16(22)23)8-10-2-5-12(6-3-10)18(19,20)21/h2-9H,1H3,(H,24,25)/p-1. The number of likely N-dealkylation sites (N-methyl/N-ethyl adjacent to an activating group) is 1. The van der Waals surface area contributed by atoms with Gasteiger partial charge in [0.1, 0.15) is 0 Å². The van der Waals surface area contributed by atoms with Gasteiger partial charge in [-0.25, -0.2) is 0 Å². The summed E-state index contributed by atoms with van der Waals surface area (Å²) < 4.78 is 37.9. The summed E-state index contributed by atoms with van der Waals surface area (Å²) in [7, 11) is 1.50. The molecular formula is C18H11F3NO3S-. The van der Waals surface area contributed by atoms with E-state index in [1.54, 1.807) is 6.07 Å². The van der Waals surface area contributed by atoms with E-state index >= 15 is 0 Å². The fourth-order valence-corrected chi connectivity index (χ4v) is 3.53. The first kappa shape index (κ1) is 18.1. The average Bonchev–Trinajstić information content (AvgIpc) is 2.58. The number of anilines is 1. The first-order chi connectivity index (χ1) is 12.2. The molecule has 0 saturated heterocycles. The summed E-state index contributed by atoms with van der Waals surface area (Å²) >= 11 is 1.13. The van der Waals surface area contributed by atoms with Crippen LogP contribution in [0.2, 0.25) is 0 Å². The van der Waals surface area contributed by atoms with Crippen molar-refractivity contribution >= 4 is 35.4 Å². The van der Waals surface area contributed by atoms with Crippen LogP contribution in [0.15, 0.2) is 52.3 Å². The van der Waals surface area contributed by atoms with E-state index in [9.17, 15) is 27.9 Å². The lowest BCUT2D eigenvalue weighted by Crippen LogP contribution is -2.31. The summed E-state index contributed by atoms with van der Waals surface area (Å²) in [5.41, 5.74) is 0.0852. The molecule has 0 aliphatic carbocycles. The van der Waals surface area contributed by atoms with Crippen molar-refractivity contribution in [2.24, 2.45) is 0 Å². The predicted octanol–water partition coefficient (Wildman–Crippen LogP) is 3.18. The van der Waals surface area contributed by atoms with Gasteiger partial charge in [0.25, 0.3) is 5.91 Å². The van der Waals surface area contributed by atoms with Gasteiger partial charge in [0, 0.05) is 11.9 Å². The number of amides is 1. The van der Waals surface area contributed by atoms with Crippen molar-refractivity contribution < 1.29 is 27.9 Å². The van der Waals surface area contributed by atoms with Gasteiger partial charge in [-0.15, -0.1) is 0 Å². The molecule has 8 heteroatoms. The molecule has 26 heavy (non-hydrogen) atoms. The third-order valence-electron chi connectivity index (χ3n) is 3.83. The average molecular weight is 378 g/mol. The molecular weight excluding hydrogens is 367 g/mol. The van der Waals surface area contributed by atoms with Crippen molar-refractivity contribution in [2.45, 2.75) is 11.1 Å². The van der Waals surface area contributed by atoms with Crippen molar-refractivity contribution in [3.8, 4) is 0 Å². The normalized spacial score (nSPS) is 15.9. The fraction of sp³-hybridized carbons (Fsp3) is 0.111. The van der Waals surface area contributed by atoms with Crippen LogP contribution >= 0.6 is 11.8 Å². The van der Waals surface area contributed by atoms with Gasteiger partial charge in [-0.1, -0.05) is 30.0 Å². The Labute approximate surface area is 150 Å². The van der Waals surface area contributed by atoms with Gasteiger partial charge in [-0.3, -0.25) is 4.79 Å². The lowest BCUT2D eigenvalue weighted by atomic mass is 10.1. The van der Waals surface area contributed by atoms with Gasteiger partial charge in [0.15, 0.2) is 0 Å². The highest BCUT2D eigenvalue weighted by Crippen LogP contribution is 2.42. The Kier molecular flexibility index (Phi) is 4.53. The number of nitrogens with zero attached hydrogens (tertiary/aromatic N) is 1.